The third kappa shape index (κ3) is 1.33. The number of rotatable bonds is 0. The van der Waals surface area contributed by atoms with E-state index in [4.69, 9.17) is 0 Å². The Morgan fingerprint density at radius 1 is 1.50 bits per heavy atom. The largest absolute Gasteiger partial charge is 0.321 e. The smallest absolute Gasteiger partial charge is 0.0593 e. The molecule has 0 aromatic carbocycles. The molecule has 2 rings (SSSR count). The van der Waals surface area contributed by atoms with Crippen molar-refractivity contribution in [2.45, 2.75) is 13.3 Å². The minimum atomic E-state index is 0.630. The Balaban J connectivity index is 2.29. The molecule has 62 valence electrons. The van der Waals surface area contributed by atoms with Gasteiger partial charge in [-0.2, -0.15) is 0 Å². The molecule has 0 aliphatic carbocycles. The lowest BCUT2D eigenvalue weighted by atomic mass is 10.1. The van der Waals surface area contributed by atoms with Crippen LogP contribution < -0.4 is 0 Å². The lowest BCUT2D eigenvalue weighted by Crippen LogP contribution is -2.11. The van der Waals surface area contributed by atoms with E-state index in [0.717, 1.165) is 6.42 Å². The number of fused-ring (bicyclic) bond motifs is 1. The van der Waals surface area contributed by atoms with Gasteiger partial charge in [-0.05, 0) is 12.3 Å². The van der Waals surface area contributed by atoms with Gasteiger partial charge in [0.15, 0.2) is 0 Å². The highest BCUT2D eigenvalue weighted by atomic mass is 15.1. The Morgan fingerprint density at radius 2 is 2.42 bits per heavy atom. The van der Waals surface area contributed by atoms with Crippen LogP contribution >= 0.6 is 0 Å². The van der Waals surface area contributed by atoms with E-state index in [0.29, 0.717) is 5.92 Å². The molecular weight excluding hydrogens is 148 g/mol. The van der Waals surface area contributed by atoms with E-state index in [1.165, 1.54) is 5.70 Å². The zero-order chi connectivity index (χ0) is 8.39. The van der Waals surface area contributed by atoms with Crippen LogP contribution in [-0.2, 0) is 0 Å². The summed E-state index contributed by atoms with van der Waals surface area (Å²) in [5.74, 6) is 0.630. The zero-order valence-electron chi connectivity index (χ0n) is 7.14. The third-order valence-corrected chi connectivity index (χ3v) is 2.09. The third-order valence-electron chi connectivity index (χ3n) is 2.09. The Kier molecular flexibility index (Phi) is 1.82. The van der Waals surface area contributed by atoms with Gasteiger partial charge in [0, 0.05) is 18.6 Å². The fourth-order valence-corrected chi connectivity index (χ4v) is 1.30. The van der Waals surface area contributed by atoms with Crippen LogP contribution in [0.2, 0.25) is 0 Å². The fraction of sp³-hybridized carbons (Fsp3) is 0.300. The Hall–Kier alpha value is -1.31. The monoisotopic (exact) mass is 160 g/mol. The molecule has 0 amide bonds. The van der Waals surface area contributed by atoms with Crippen molar-refractivity contribution in [1.29, 1.82) is 0 Å². The first-order valence-electron chi connectivity index (χ1n) is 4.23. The summed E-state index contributed by atoms with van der Waals surface area (Å²) in [5, 5.41) is 0. The highest BCUT2D eigenvalue weighted by molar-refractivity contribution is 5.79. The molecule has 1 atom stereocenters. The van der Waals surface area contributed by atoms with E-state index in [-0.39, 0.29) is 0 Å². The normalized spacial score (nSPS) is 26.6. The van der Waals surface area contributed by atoms with Gasteiger partial charge in [0.2, 0.25) is 0 Å². The predicted octanol–water partition coefficient (Wildman–Crippen LogP) is 2.28. The highest BCUT2D eigenvalue weighted by Crippen LogP contribution is 2.17. The van der Waals surface area contributed by atoms with E-state index in [2.05, 4.69) is 35.2 Å². The molecule has 0 fully saturated rings. The van der Waals surface area contributed by atoms with Crippen LogP contribution in [0.1, 0.15) is 13.3 Å². The van der Waals surface area contributed by atoms with Crippen molar-refractivity contribution in [3.63, 3.8) is 0 Å². The van der Waals surface area contributed by atoms with E-state index in [1.54, 1.807) is 6.20 Å². The maximum absolute atomic E-state index is 4.08. The quantitative estimate of drug-likeness (QED) is 0.530. The van der Waals surface area contributed by atoms with Gasteiger partial charge in [-0.1, -0.05) is 19.1 Å². The lowest BCUT2D eigenvalue weighted by Gasteiger charge is -2.16. The molecule has 2 aliphatic rings. The molecule has 0 saturated heterocycles. The van der Waals surface area contributed by atoms with Crippen molar-refractivity contribution in [3.8, 4) is 0 Å². The van der Waals surface area contributed by atoms with Gasteiger partial charge >= 0.3 is 0 Å². The average molecular weight is 160 g/mol. The van der Waals surface area contributed by atoms with Crippen LogP contribution in [0.15, 0.2) is 41.4 Å². The summed E-state index contributed by atoms with van der Waals surface area (Å²) in [6, 6.07) is 0. The summed E-state index contributed by atoms with van der Waals surface area (Å²) >= 11 is 0. The minimum Gasteiger partial charge on any atom is -0.321 e. The summed E-state index contributed by atoms with van der Waals surface area (Å²) in [6.45, 7) is 2.22. The molecule has 0 aromatic rings. The van der Waals surface area contributed by atoms with Crippen molar-refractivity contribution < 1.29 is 0 Å². The molecule has 0 spiro atoms. The Bertz CT molecular complexity index is 284. The van der Waals surface area contributed by atoms with Crippen molar-refractivity contribution in [2.75, 3.05) is 0 Å². The number of hydrogen-bond donors (Lipinski definition) is 0. The Morgan fingerprint density at radius 3 is 3.33 bits per heavy atom. The number of nitrogens with zero attached hydrogens (tertiary/aromatic N) is 2. The topological polar surface area (TPSA) is 15.6 Å². The van der Waals surface area contributed by atoms with Crippen LogP contribution in [0.3, 0.4) is 0 Å². The van der Waals surface area contributed by atoms with E-state index >= 15 is 0 Å². The van der Waals surface area contributed by atoms with Crippen LogP contribution in [0.25, 0.3) is 0 Å². The first kappa shape index (κ1) is 7.35. The standard InChI is InChI=1S/C10H12N2/c1-9-2-3-10-8-11-5-7-12(10)6-4-9/h3-9H,2H2,1H3. The van der Waals surface area contributed by atoms with Gasteiger partial charge in [0.25, 0.3) is 0 Å². The summed E-state index contributed by atoms with van der Waals surface area (Å²) in [6.07, 6.45) is 13.3. The first-order valence-corrected chi connectivity index (χ1v) is 4.23. The molecule has 1 unspecified atom stereocenters. The second kappa shape index (κ2) is 2.97. The number of aliphatic imine (C=N–C) groups is 1. The maximum atomic E-state index is 4.08. The molecule has 2 heterocycles. The van der Waals surface area contributed by atoms with Gasteiger partial charge in [-0.25, -0.2) is 0 Å². The van der Waals surface area contributed by atoms with Crippen LogP contribution in [-0.4, -0.2) is 11.1 Å². The van der Waals surface area contributed by atoms with Gasteiger partial charge in [0.1, 0.15) is 0 Å². The molecular formula is C10H12N2. The number of hydrogen-bond acceptors (Lipinski definition) is 2. The first-order chi connectivity index (χ1) is 5.86. The van der Waals surface area contributed by atoms with Crippen LogP contribution in [0.4, 0.5) is 0 Å². The van der Waals surface area contributed by atoms with Crippen molar-refractivity contribution in [3.05, 3.63) is 36.4 Å². The van der Waals surface area contributed by atoms with Crippen molar-refractivity contribution in [1.82, 2.24) is 4.90 Å². The van der Waals surface area contributed by atoms with E-state index in [9.17, 15) is 0 Å². The van der Waals surface area contributed by atoms with Gasteiger partial charge in [-0.15, -0.1) is 0 Å². The minimum absolute atomic E-state index is 0.630. The SMILES string of the molecule is CC1C=CN2C=CN=CC2=CC1. The molecule has 0 saturated carbocycles. The van der Waals surface area contributed by atoms with Gasteiger partial charge in [0.05, 0.1) is 11.9 Å². The van der Waals surface area contributed by atoms with Crippen LogP contribution in [0, 0.1) is 5.92 Å². The molecule has 2 aliphatic heterocycles. The van der Waals surface area contributed by atoms with Crippen LogP contribution in [0.5, 0.6) is 0 Å². The van der Waals surface area contributed by atoms with Crippen molar-refractivity contribution in [2.24, 2.45) is 10.9 Å². The molecule has 0 bridgehead atoms. The molecule has 0 aromatic heterocycles. The maximum Gasteiger partial charge on any atom is 0.0593 e. The second-order valence-corrected chi connectivity index (χ2v) is 3.17. The van der Waals surface area contributed by atoms with E-state index < -0.39 is 0 Å². The van der Waals surface area contributed by atoms with Gasteiger partial charge in [-0.3, -0.25) is 4.99 Å². The molecule has 0 N–H and O–H groups in total. The molecule has 12 heavy (non-hydrogen) atoms. The van der Waals surface area contributed by atoms with E-state index in [1.807, 2.05) is 12.4 Å². The zero-order valence-corrected chi connectivity index (χ0v) is 7.14. The molecule has 2 heteroatoms. The predicted molar refractivity (Wildman–Crippen MR) is 50.5 cm³/mol. The summed E-state index contributed by atoms with van der Waals surface area (Å²) in [4.78, 5) is 6.17. The summed E-state index contributed by atoms with van der Waals surface area (Å²) in [5.41, 5.74) is 1.18. The van der Waals surface area contributed by atoms with Gasteiger partial charge < -0.3 is 4.90 Å². The average Bonchev–Trinajstić information content (AvgIpc) is 2.29. The molecule has 0 radical (unpaired) electrons. The summed E-state index contributed by atoms with van der Waals surface area (Å²) < 4.78 is 0. The second-order valence-electron chi connectivity index (χ2n) is 3.17. The van der Waals surface area contributed by atoms with Crippen molar-refractivity contribution >= 4 is 6.21 Å². The molecule has 2 nitrogen and oxygen atoms in total. The summed E-state index contributed by atoms with van der Waals surface area (Å²) in [7, 11) is 0. The fourth-order valence-electron chi connectivity index (χ4n) is 1.30. The lowest BCUT2D eigenvalue weighted by molar-refractivity contribution is 0.657. The highest BCUT2D eigenvalue weighted by Gasteiger charge is 2.08. The number of allylic oxidation sites excluding steroid dienone is 3. The Labute approximate surface area is 72.6 Å².